The van der Waals surface area contributed by atoms with Gasteiger partial charge in [0.1, 0.15) is 11.7 Å². The van der Waals surface area contributed by atoms with Gasteiger partial charge in [-0.05, 0) is 12.5 Å². The number of aryl methyl sites for hydroxylation is 1. The van der Waals surface area contributed by atoms with Crippen molar-refractivity contribution < 1.29 is 24.3 Å². The maximum Gasteiger partial charge on any atom is 0.265 e. The zero-order chi connectivity index (χ0) is 13.3. The number of pyridine rings is 1. The Bertz CT molecular complexity index is 463. The second kappa shape index (κ2) is 5.01. The molecule has 1 aromatic rings. The quantitative estimate of drug-likeness (QED) is 0.603. The van der Waals surface area contributed by atoms with Crippen molar-refractivity contribution in [3.05, 3.63) is 29.6 Å². The maximum atomic E-state index is 11.3. The van der Waals surface area contributed by atoms with Crippen molar-refractivity contribution in [2.24, 2.45) is 5.73 Å². The number of rotatable bonds is 3. The van der Waals surface area contributed by atoms with Crippen LogP contribution in [0.15, 0.2) is 18.5 Å². The van der Waals surface area contributed by atoms with Crippen LogP contribution in [-0.2, 0) is 4.74 Å². The summed E-state index contributed by atoms with van der Waals surface area (Å²) in [5.74, 6) is -0.501. The highest BCUT2D eigenvalue weighted by molar-refractivity contribution is 5.93. The molecule has 0 unspecified atom stereocenters. The largest absolute Gasteiger partial charge is 0.394 e. The normalized spacial score (nSPS) is 27.4. The number of aromatic nitrogens is 1. The van der Waals surface area contributed by atoms with E-state index in [1.54, 1.807) is 30.0 Å². The molecular weight excluding hydrogens is 236 g/mol. The summed E-state index contributed by atoms with van der Waals surface area (Å²) < 4.78 is 7.18. The van der Waals surface area contributed by atoms with Gasteiger partial charge in [-0.3, -0.25) is 4.79 Å². The fraction of sp³-hybridized carbons (Fsp3) is 0.500. The lowest BCUT2D eigenvalue weighted by Gasteiger charge is -2.09. The van der Waals surface area contributed by atoms with E-state index in [-0.39, 0.29) is 6.61 Å². The van der Waals surface area contributed by atoms with Gasteiger partial charge in [0.15, 0.2) is 12.4 Å². The molecule has 1 aliphatic rings. The van der Waals surface area contributed by atoms with Gasteiger partial charge in [0, 0.05) is 6.07 Å². The summed E-state index contributed by atoms with van der Waals surface area (Å²) in [6.45, 7) is 1.57. The van der Waals surface area contributed by atoms with E-state index in [1.807, 2.05) is 0 Å². The first-order valence-corrected chi connectivity index (χ1v) is 5.78. The Morgan fingerprint density at radius 2 is 2.39 bits per heavy atom. The lowest BCUT2D eigenvalue weighted by atomic mass is 10.1. The minimum Gasteiger partial charge on any atom is -0.394 e. The number of aliphatic hydroxyl groups is 2. The van der Waals surface area contributed by atoms with Crippen LogP contribution in [0.4, 0.5) is 0 Å². The van der Waals surface area contributed by atoms with Gasteiger partial charge >= 0.3 is 0 Å². The standard InChI is InChI=1S/C12H16N2O4/c1-7-2-3-14(5-8(7)12(13)17)11-4-9(16)10(6-15)18-11/h2-3,5,9-11,15-16H,4,6H2,1H3,(H-,13,17)/p+1/t9-,10+,11+/m0/s1. The highest BCUT2D eigenvalue weighted by atomic mass is 16.5. The van der Waals surface area contributed by atoms with Crippen LogP contribution in [0.1, 0.15) is 28.6 Å². The molecule has 6 nitrogen and oxygen atoms in total. The summed E-state index contributed by atoms with van der Waals surface area (Å²) >= 11 is 0. The third-order valence-corrected chi connectivity index (χ3v) is 3.18. The van der Waals surface area contributed by atoms with Crippen molar-refractivity contribution in [1.82, 2.24) is 0 Å². The molecule has 1 aliphatic heterocycles. The van der Waals surface area contributed by atoms with Crippen LogP contribution >= 0.6 is 0 Å². The molecule has 1 saturated heterocycles. The van der Waals surface area contributed by atoms with Crippen molar-refractivity contribution in [3.63, 3.8) is 0 Å². The van der Waals surface area contributed by atoms with Crippen LogP contribution in [0.5, 0.6) is 0 Å². The minimum atomic E-state index is -0.703. The summed E-state index contributed by atoms with van der Waals surface area (Å²) in [6, 6.07) is 1.77. The average molecular weight is 253 g/mol. The van der Waals surface area contributed by atoms with Gasteiger partial charge in [0.2, 0.25) is 0 Å². The zero-order valence-electron chi connectivity index (χ0n) is 10.1. The Morgan fingerprint density at radius 3 is 2.94 bits per heavy atom. The summed E-state index contributed by atoms with van der Waals surface area (Å²) in [6.07, 6.45) is 2.06. The fourth-order valence-electron chi connectivity index (χ4n) is 2.08. The summed E-state index contributed by atoms with van der Waals surface area (Å²) in [7, 11) is 0. The number of nitrogens with two attached hydrogens (primary N) is 1. The van der Waals surface area contributed by atoms with Gasteiger partial charge in [-0.15, -0.1) is 0 Å². The first kappa shape index (κ1) is 12.9. The molecule has 98 valence electrons. The number of primary amides is 1. The second-order valence-electron chi connectivity index (χ2n) is 4.47. The summed E-state index contributed by atoms with van der Waals surface area (Å²) in [5, 5.41) is 18.7. The van der Waals surface area contributed by atoms with E-state index in [0.29, 0.717) is 12.0 Å². The average Bonchev–Trinajstić information content (AvgIpc) is 2.70. The number of aliphatic hydroxyl groups excluding tert-OH is 2. The predicted molar refractivity (Wildman–Crippen MR) is 61.5 cm³/mol. The van der Waals surface area contributed by atoms with Crippen molar-refractivity contribution >= 4 is 5.91 Å². The van der Waals surface area contributed by atoms with Crippen molar-refractivity contribution in [2.75, 3.05) is 6.61 Å². The monoisotopic (exact) mass is 253 g/mol. The number of amides is 1. The Morgan fingerprint density at radius 1 is 1.67 bits per heavy atom. The van der Waals surface area contributed by atoms with E-state index in [2.05, 4.69) is 0 Å². The van der Waals surface area contributed by atoms with Gasteiger partial charge in [-0.25, -0.2) is 0 Å². The number of carbonyl (C=O) groups excluding carboxylic acids is 1. The minimum absolute atomic E-state index is 0.229. The molecule has 0 saturated carbocycles. The first-order valence-electron chi connectivity index (χ1n) is 5.78. The third kappa shape index (κ3) is 2.35. The van der Waals surface area contributed by atoms with E-state index < -0.39 is 24.3 Å². The Labute approximate surface area is 105 Å². The van der Waals surface area contributed by atoms with Crippen LogP contribution in [0.2, 0.25) is 0 Å². The van der Waals surface area contributed by atoms with Crippen molar-refractivity contribution in [3.8, 4) is 0 Å². The molecule has 0 aromatic carbocycles. The SMILES string of the molecule is Cc1cc[n+]([C@H]2C[C@H](O)[C@@H](CO)O2)cc1C(N)=O. The number of carbonyl (C=O) groups is 1. The van der Waals surface area contributed by atoms with Crippen molar-refractivity contribution in [1.29, 1.82) is 0 Å². The molecule has 2 rings (SSSR count). The number of hydrogen-bond acceptors (Lipinski definition) is 4. The molecule has 0 spiro atoms. The fourth-order valence-corrected chi connectivity index (χ4v) is 2.08. The van der Waals surface area contributed by atoms with E-state index >= 15 is 0 Å². The van der Waals surface area contributed by atoms with E-state index in [0.717, 1.165) is 5.56 Å². The zero-order valence-corrected chi connectivity index (χ0v) is 10.1. The van der Waals surface area contributed by atoms with Crippen LogP contribution < -0.4 is 10.3 Å². The van der Waals surface area contributed by atoms with Crippen LogP contribution in [0.25, 0.3) is 0 Å². The number of ether oxygens (including phenoxy) is 1. The Kier molecular flexibility index (Phi) is 3.60. The summed E-state index contributed by atoms with van der Waals surface area (Å²) in [4.78, 5) is 11.3. The van der Waals surface area contributed by atoms with Gasteiger partial charge in [-0.1, -0.05) is 0 Å². The molecule has 0 radical (unpaired) electrons. The summed E-state index contributed by atoms with van der Waals surface area (Å²) in [5.41, 5.74) is 6.49. The maximum absolute atomic E-state index is 11.3. The molecule has 0 aliphatic carbocycles. The molecule has 18 heavy (non-hydrogen) atoms. The molecule has 1 amide bonds. The predicted octanol–water partition coefficient (Wildman–Crippen LogP) is -0.978. The van der Waals surface area contributed by atoms with Crippen molar-refractivity contribution in [2.45, 2.75) is 31.8 Å². The highest BCUT2D eigenvalue weighted by Gasteiger charge is 2.39. The molecule has 2 heterocycles. The highest BCUT2D eigenvalue weighted by Crippen LogP contribution is 2.24. The smallest absolute Gasteiger partial charge is 0.265 e. The molecule has 3 atom stereocenters. The molecule has 1 aromatic heterocycles. The molecule has 4 N–H and O–H groups in total. The Balaban J connectivity index is 2.25. The lowest BCUT2D eigenvalue weighted by Crippen LogP contribution is -2.40. The molecule has 6 heteroatoms. The van der Waals surface area contributed by atoms with Crippen LogP contribution in [-0.4, -0.2) is 34.9 Å². The number of nitrogens with zero attached hydrogens (tertiary/aromatic N) is 1. The van der Waals surface area contributed by atoms with E-state index in [1.165, 1.54) is 0 Å². The first-order chi connectivity index (χ1) is 8.52. The van der Waals surface area contributed by atoms with Crippen LogP contribution in [0, 0.1) is 6.92 Å². The number of hydrogen-bond donors (Lipinski definition) is 3. The molecule has 1 fully saturated rings. The van der Waals surface area contributed by atoms with Gasteiger partial charge in [0.25, 0.3) is 12.1 Å². The lowest BCUT2D eigenvalue weighted by molar-refractivity contribution is -0.759. The van der Waals surface area contributed by atoms with Crippen LogP contribution in [0.3, 0.4) is 0 Å². The van der Waals surface area contributed by atoms with Gasteiger partial charge in [-0.2, -0.15) is 4.57 Å². The van der Waals surface area contributed by atoms with Gasteiger partial charge < -0.3 is 20.7 Å². The van der Waals surface area contributed by atoms with E-state index in [4.69, 9.17) is 15.6 Å². The molecular formula is C12H17N2O4+. The Hall–Kier alpha value is -1.50. The van der Waals surface area contributed by atoms with E-state index in [9.17, 15) is 9.90 Å². The topological polar surface area (TPSA) is 96.7 Å². The second-order valence-corrected chi connectivity index (χ2v) is 4.47. The molecule has 0 bridgehead atoms. The third-order valence-electron chi connectivity index (χ3n) is 3.18. The van der Waals surface area contributed by atoms with Gasteiger partial charge in [0.05, 0.1) is 19.1 Å².